The number of rotatable bonds is 4. The van der Waals surface area contributed by atoms with Gasteiger partial charge in [-0.1, -0.05) is 19.8 Å². The maximum absolute atomic E-state index is 14.4. The van der Waals surface area contributed by atoms with Crippen molar-refractivity contribution in [3.8, 4) is 0 Å². The molecule has 1 spiro atoms. The molecule has 30 heavy (non-hydrogen) atoms. The summed E-state index contributed by atoms with van der Waals surface area (Å²) in [6.45, 7) is 3.61. The second kappa shape index (κ2) is 8.53. The number of carbonyl (C=O) groups is 1. The van der Waals surface area contributed by atoms with Crippen LogP contribution in [-0.2, 0) is 19.5 Å². The SMILES string of the molecule is CC1CCCCC1NC(=O)c1cc(S(=O)(=O)N2CCC3(CC2)OCCO3)ccc1F. The predicted octanol–water partition coefficient (Wildman–Crippen LogP) is 2.66. The molecule has 0 radical (unpaired) electrons. The monoisotopic (exact) mass is 440 g/mol. The fraction of sp³-hybridized carbons (Fsp3) is 0.667. The molecule has 3 aliphatic rings. The highest BCUT2D eigenvalue weighted by atomic mass is 32.2. The van der Waals surface area contributed by atoms with Crippen molar-refractivity contribution >= 4 is 15.9 Å². The predicted molar refractivity (Wildman–Crippen MR) is 108 cm³/mol. The Morgan fingerprint density at radius 3 is 2.50 bits per heavy atom. The molecular weight excluding hydrogens is 411 g/mol. The third kappa shape index (κ3) is 4.26. The van der Waals surface area contributed by atoms with Gasteiger partial charge in [0.05, 0.1) is 23.7 Å². The number of amides is 1. The van der Waals surface area contributed by atoms with E-state index in [1.165, 1.54) is 10.4 Å². The van der Waals surface area contributed by atoms with E-state index in [-0.39, 0.29) is 29.6 Å². The van der Waals surface area contributed by atoms with Crippen molar-refractivity contribution in [2.45, 2.75) is 62.2 Å². The number of benzene rings is 1. The van der Waals surface area contributed by atoms with E-state index in [1.807, 2.05) is 0 Å². The smallest absolute Gasteiger partial charge is 0.254 e. The third-order valence-electron chi connectivity index (χ3n) is 6.55. The molecule has 1 aromatic carbocycles. The lowest BCUT2D eigenvalue weighted by atomic mass is 9.86. The van der Waals surface area contributed by atoms with Crippen LogP contribution in [0.1, 0.15) is 55.8 Å². The van der Waals surface area contributed by atoms with Crippen LogP contribution in [0.15, 0.2) is 23.1 Å². The molecule has 7 nitrogen and oxygen atoms in total. The van der Waals surface area contributed by atoms with E-state index in [0.29, 0.717) is 32.0 Å². The molecule has 2 heterocycles. The topological polar surface area (TPSA) is 84.9 Å². The van der Waals surface area contributed by atoms with Gasteiger partial charge in [-0.25, -0.2) is 12.8 Å². The Labute approximate surface area is 177 Å². The molecule has 4 rings (SSSR count). The first-order valence-corrected chi connectivity index (χ1v) is 12.1. The second-order valence-corrected chi connectivity index (χ2v) is 10.4. The van der Waals surface area contributed by atoms with Gasteiger partial charge in [0.1, 0.15) is 5.82 Å². The zero-order valence-corrected chi connectivity index (χ0v) is 18.0. The van der Waals surface area contributed by atoms with Crippen LogP contribution in [-0.4, -0.2) is 56.8 Å². The summed E-state index contributed by atoms with van der Waals surface area (Å²) < 4.78 is 53.3. The Morgan fingerprint density at radius 2 is 1.83 bits per heavy atom. The molecule has 2 saturated heterocycles. The molecule has 1 amide bonds. The van der Waals surface area contributed by atoms with Crippen LogP contribution in [0.4, 0.5) is 4.39 Å². The van der Waals surface area contributed by atoms with E-state index in [1.54, 1.807) is 0 Å². The Bertz CT molecular complexity index is 891. The molecule has 0 aromatic heterocycles. The van der Waals surface area contributed by atoms with Gasteiger partial charge in [-0.2, -0.15) is 4.31 Å². The first kappa shape index (κ1) is 21.7. The number of piperidine rings is 1. The van der Waals surface area contributed by atoms with Gasteiger partial charge in [-0.05, 0) is 37.0 Å². The van der Waals surface area contributed by atoms with E-state index in [4.69, 9.17) is 9.47 Å². The zero-order valence-electron chi connectivity index (χ0n) is 17.2. The second-order valence-electron chi connectivity index (χ2n) is 8.50. The normalized spacial score (nSPS) is 27.3. The minimum atomic E-state index is -3.85. The van der Waals surface area contributed by atoms with Gasteiger partial charge in [0.25, 0.3) is 5.91 Å². The van der Waals surface area contributed by atoms with Gasteiger partial charge in [-0.3, -0.25) is 4.79 Å². The molecule has 2 unspecified atom stereocenters. The standard InChI is InChI=1S/C21H29FN2O5S/c1-15-4-2-3-5-19(15)23-20(25)17-14-16(6-7-18(17)22)30(26,27)24-10-8-21(9-11-24)28-12-13-29-21/h6-7,14-15,19H,2-5,8-13H2,1H3,(H,23,25). The summed E-state index contributed by atoms with van der Waals surface area (Å²) in [5.74, 6) is -1.65. The number of hydrogen-bond acceptors (Lipinski definition) is 5. The zero-order chi connectivity index (χ0) is 21.4. The minimum absolute atomic E-state index is 0.0180. The van der Waals surface area contributed by atoms with Crippen molar-refractivity contribution in [2.75, 3.05) is 26.3 Å². The van der Waals surface area contributed by atoms with Gasteiger partial charge in [0, 0.05) is 32.0 Å². The average Bonchev–Trinajstić information content (AvgIpc) is 3.18. The largest absolute Gasteiger partial charge is 0.349 e. The Hall–Kier alpha value is -1.55. The molecule has 9 heteroatoms. The lowest BCUT2D eigenvalue weighted by Crippen LogP contribution is -2.47. The Morgan fingerprint density at radius 1 is 1.17 bits per heavy atom. The van der Waals surface area contributed by atoms with Crippen LogP contribution < -0.4 is 5.32 Å². The number of halogens is 1. The highest BCUT2D eigenvalue weighted by Gasteiger charge is 2.42. The maximum atomic E-state index is 14.4. The summed E-state index contributed by atoms with van der Waals surface area (Å²) in [5.41, 5.74) is -0.232. The molecule has 0 bridgehead atoms. The number of nitrogens with zero attached hydrogens (tertiary/aromatic N) is 1. The van der Waals surface area contributed by atoms with Crippen molar-refractivity contribution in [1.29, 1.82) is 0 Å². The fourth-order valence-electron chi connectivity index (χ4n) is 4.62. The lowest BCUT2D eigenvalue weighted by Gasteiger charge is -2.36. The summed E-state index contributed by atoms with van der Waals surface area (Å²) in [5, 5.41) is 2.90. The molecule has 166 valence electrons. The summed E-state index contributed by atoms with van der Waals surface area (Å²) >= 11 is 0. The van der Waals surface area contributed by atoms with Crippen LogP contribution in [0.3, 0.4) is 0 Å². The number of hydrogen-bond donors (Lipinski definition) is 1. The van der Waals surface area contributed by atoms with Gasteiger partial charge in [-0.15, -0.1) is 0 Å². The fourth-order valence-corrected chi connectivity index (χ4v) is 6.09. The highest BCUT2D eigenvalue weighted by molar-refractivity contribution is 7.89. The van der Waals surface area contributed by atoms with Crippen LogP contribution in [0.25, 0.3) is 0 Å². The van der Waals surface area contributed by atoms with Crippen LogP contribution in [0.2, 0.25) is 0 Å². The number of carbonyl (C=O) groups excluding carboxylic acids is 1. The third-order valence-corrected chi connectivity index (χ3v) is 8.44. The number of nitrogens with one attached hydrogen (secondary N) is 1. The van der Waals surface area contributed by atoms with Crippen LogP contribution in [0, 0.1) is 11.7 Å². The van der Waals surface area contributed by atoms with Crippen molar-refractivity contribution in [3.63, 3.8) is 0 Å². The number of sulfonamides is 1. The van der Waals surface area contributed by atoms with E-state index in [2.05, 4.69) is 12.2 Å². The number of ether oxygens (including phenoxy) is 2. The van der Waals surface area contributed by atoms with Crippen molar-refractivity contribution in [1.82, 2.24) is 9.62 Å². The Kier molecular flexibility index (Phi) is 6.16. The lowest BCUT2D eigenvalue weighted by molar-refractivity contribution is -0.179. The first-order valence-electron chi connectivity index (χ1n) is 10.7. The van der Waals surface area contributed by atoms with E-state index >= 15 is 0 Å². The highest BCUT2D eigenvalue weighted by Crippen LogP contribution is 2.33. The maximum Gasteiger partial charge on any atom is 0.254 e. The molecular formula is C21H29FN2O5S. The molecule has 1 saturated carbocycles. The van der Waals surface area contributed by atoms with Gasteiger partial charge < -0.3 is 14.8 Å². The minimum Gasteiger partial charge on any atom is -0.349 e. The average molecular weight is 441 g/mol. The van der Waals surface area contributed by atoms with Crippen LogP contribution in [0.5, 0.6) is 0 Å². The van der Waals surface area contributed by atoms with Gasteiger partial charge in [0.15, 0.2) is 5.79 Å². The molecule has 1 aliphatic carbocycles. The van der Waals surface area contributed by atoms with E-state index in [0.717, 1.165) is 37.8 Å². The molecule has 3 fully saturated rings. The summed E-state index contributed by atoms with van der Waals surface area (Å²) in [4.78, 5) is 12.6. The van der Waals surface area contributed by atoms with Crippen molar-refractivity contribution in [3.05, 3.63) is 29.6 Å². The summed E-state index contributed by atoms with van der Waals surface area (Å²) in [6, 6.07) is 3.41. The molecule has 1 N–H and O–H groups in total. The Balaban J connectivity index is 1.49. The van der Waals surface area contributed by atoms with Gasteiger partial charge >= 0.3 is 0 Å². The first-order chi connectivity index (χ1) is 14.3. The van der Waals surface area contributed by atoms with Crippen LogP contribution >= 0.6 is 0 Å². The van der Waals surface area contributed by atoms with Crippen molar-refractivity contribution in [2.24, 2.45) is 5.92 Å². The van der Waals surface area contributed by atoms with Crippen molar-refractivity contribution < 1.29 is 27.1 Å². The summed E-state index contributed by atoms with van der Waals surface area (Å²) in [7, 11) is -3.85. The van der Waals surface area contributed by atoms with E-state index in [9.17, 15) is 17.6 Å². The molecule has 2 atom stereocenters. The molecule has 2 aliphatic heterocycles. The molecule has 1 aromatic rings. The summed E-state index contributed by atoms with van der Waals surface area (Å²) in [6.07, 6.45) is 4.91. The van der Waals surface area contributed by atoms with E-state index < -0.39 is 27.5 Å². The quantitative estimate of drug-likeness (QED) is 0.778. The van der Waals surface area contributed by atoms with Gasteiger partial charge in [0.2, 0.25) is 10.0 Å².